The van der Waals surface area contributed by atoms with E-state index in [-0.39, 0.29) is 0 Å². The topological polar surface area (TPSA) is 44.8 Å². The van der Waals surface area contributed by atoms with Crippen molar-refractivity contribution >= 4 is 36.2 Å². The lowest BCUT2D eigenvalue weighted by Crippen LogP contribution is -2.26. The van der Waals surface area contributed by atoms with Crippen LogP contribution in [0.4, 0.5) is 0 Å². The summed E-state index contributed by atoms with van der Waals surface area (Å²) in [6, 6.07) is 13.1. The van der Waals surface area contributed by atoms with Gasteiger partial charge >= 0.3 is 7.72 Å². The van der Waals surface area contributed by atoms with Gasteiger partial charge in [-0.25, -0.2) is 0 Å². The van der Waals surface area contributed by atoms with E-state index >= 15 is 0 Å². The first kappa shape index (κ1) is 17.9. The summed E-state index contributed by atoms with van der Waals surface area (Å²) < 4.78 is 17.1. The first-order valence-corrected chi connectivity index (χ1v) is 9.11. The number of hydrogen-bond donors (Lipinski definition) is 0. The first-order valence-electron chi connectivity index (χ1n) is 7.11. The molecule has 0 saturated heterocycles. The lowest BCUT2D eigenvalue weighted by Gasteiger charge is -2.22. The predicted molar refractivity (Wildman–Crippen MR) is 94.7 cm³/mol. The number of carbonyl (C=O) groups excluding carboxylic acids is 1. The highest BCUT2D eigenvalue weighted by atomic mass is 35.5. The number of carbonyl (C=O) groups is 1. The van der Waals surface area contributed by atoms with Crippen LogP contribution in [0.2, 0.25) is 5.02 Å². The van der Waals surface area contributed by atoms with Gasteiger partial charge in [0.2, 0.25) is 0 Å². The average molecular weight is 354 g/mol. The Kier molecular flexibility index (Phi) is 6.14. The predicted octanol–water partition coefficient (Wildman–Crippen LogP) is 3.64. The van der Waals surface area contributed by atoms with Gasteiger partial charge in [0.25, 0.3) is 0 Å². The van der Waals surface area contributed by atoms with Gasteiger partial charge in [0, 0.05) is 12.1 Å². The van der Waals surface area contributed by atoms with Gasteiger partial charge in [0.05, 0.1) is 31.4 Å². The van der Waals surface area contributed by atoms with Crippen molar-refractivity contribution in [3.63, 3.8) is 0 Å². The van der Waals surface area contributed by atoms with Gasteiger partial charge in [-0.2, -0.15) is 9.05 Å². The molecule has 1 unspecified atom stereocenters. The third-order valence-corrected chi connectivity index (χ3v) is 6.73. The molecule has 2 aromatic rings. The van der Waals surface area contributed by atoms with Crippen LogP contribution in [0.25, 0.3) is 0 Å². The molecule has 0 amide bonds. The number of methoxy groups -OCH3 is 1. The highest BCUT2D eigenvalue weighted by molar-refractivity contribution is 7.81. The molecule has 2 rings (SSSR count). The van der Waals surface area contributed by atoms with Crippen LogP contribution in [0.3, 0.4) is 0 Å². The zero-order chi connectivity index (χ0) is 16.9. The van der Waals surface area contributed by atoms with Gasteiger partial charge in [-0.3, -0.25) is 4.79 Å². The largest absolute Gasteiger partial charge is 0.494 e. The minimum absolute atomic E-state index is 0.351. The summed E-state index contributed by atoms with van der Waals surface area (Å²) in [5.41, 5.74) is 0.368. The van der Waals surface area contributed by atoms with Crippen molar-refractivity contribution in [2.75, 3.05) is 20.8 Å². The average Bonchev–Trinajstić information content (AvgIpc) is 2.59. The van der Waals surface area contributed by atoms with E-state index in [9.17, 15) is 4.79 Å². The summed E-state index contributed by atoms with van der Waals surface area (Å²) in [7, 11) is 0.507. The Hall–Kier alpha value is -1.45. The first-order chi connectivity index (χ1) is 11.1. The van der Waals surface area contributed by atoms with Crippen LogP contribution in [0.15, 0.2) is 42.5 Å². The maximum Gasteiger partial charge on any atom is 0.339 e. The third kappa shape index (κ3) is 3.41. The molecule has 0 fully saturated rings. The second-order valence-corrected chi connectivity index (χ2v) is 7.82. The standard InChI is InChI=1S/C17H19ClO4P/c1-4-22-23(21-3,14-8-6-5-7-9-14)15-10-13(12-19)17(20-2)16(18)11-15/h5-12H,4H2,1-3H3/q+1. The van der Waals surface area contributed by atoms with E-state index in [0.717, 1.165) is 16.9 Å². The smallest absolute Gasteiger partial charge is 0.339 e. The van der Waals surface area contributed by atoms with Crippen molar-refractivity contribution in [3.05, 3.63) is 53.1 Å². The maximum absolute atomic E-state index is 11.4. The summed E-state index contributed by atoms with van der Waals surface area (Å²) in [6.07, 6.45) is 0.718. The Morgan fingerprint density at radius 1 is 1.13 bits per heavy atom. The number of benzene rings is 2. The van der Waals surface area contributed by atoms with Crippen LogP contribution in [0, 0.1) is 0 Å². The fourth-order valence-corrected chi connectivity index (χ4v) is 5.48. The second-order valence-electron chi connectivity index (χ2n) is 4.66. The Labute approximate surface area is 141 Å². The number of ether oxygens (including phenoxy) is 1. The molecule has 6 heteroatoms. The van der Waals surface area contributed by atoms with Gasteiger partial charge in [-0.05, 0) is 19.1 Å². The van der Waals surface area contributed by atoms with Crippen LogP contribution in [-0.2, 0) is 9.05 Å². The van der Waals surface area contributed by atoms with Crippen molar-refractivity contribution in [2.24, 2.45) is 0 Å². The number of halogens is 1. The third-order valence-electron chi connectivity index (χ3n) is 3.39. The summed E-state index contributed by atoms with van der Waals surface area (Å²) in [4.78, 5) is 11.4. The van der Waals surface area contributed by atoms with Crippen LogP contribution in [0.5, 0.6) is 5.75 Å². The quantitative estimate of drug-likeness (QED) is 0.563. The zero-order valence-corrected chi connectivity index (χ0v) is 14.9. The Bertz CT molecular complexity index is 678. The molecule has 4 nitrogen and oxygen atoms in total. The van der Waals surface area contributed by atoms with Crippen molar-refractivity contribution < 1.29 is 18.6 Å². The van der Waals surface area contributed by atoms with Crippen LogP contribution < -0.4 is 15.3 Å². The number of rotatable bonds is 7. The van der Waals surface area contributed by atoms with E-state index in [1.165, 1.54) is 7.11 Å². The van der Waals surface area contributed by atoms with Gasteiger partial charge in [0.1, 0.15) is 5.75 Å². The number of hydrogen-bond acceptors (Lipinski definition) is 4. The van der Waals surface area contributed by atoms with E-state index in [1.807, 2.05) is 37.3 Å². The van der Waals surface area contributed by atoms with E-state index in [0.29, 0.717) is 22.9 Å². The van der Waals surface area contributed by atoms with Crippen LogP contribution in [0.1, 0.15) is 17.3 Å². The molecule has 2 aromatic carbocycles. The highest BCUT2D eigenvalue weighted by Crippen LogP contribution is 2.58. The molecular formula is C17H19ClO4P+. The summed E-state index contributed by atoms with van der Waals surface area (Å²) >= 11 is 6.29. The highest BCUT2D eigenvalue weighted by Gasteiger charge is 2.47. The van der Waals surface area contributed by atoms with E-state index < -0.39 is 7.72 Å². The van der Waals surface area contributed by atoms with Gasteiger partial charge in [-0.1, -0.05) is 29.8 Å². The molecule has 0 aliphatic rings. The molecule has 0 aliphatic carbocycles. The summed E-state index contributed by atoms with van der Waals surface area (Å²) in [5, 5.41) is 2.01. The Morgan fingerprint density at radius 3 is 2.35 bits per heavy atom. The number of aldehydes is 1. The van der Waals surface area contributed by atoms with Crippen LogP contribution in [-0.4, -0.2) is 27.1 Å². The molecule has 122 valence electrons. The lowest BCUT2D eigenvalue weighted by atomic mass is 10.2. The second kappa shape index (κ2) is 7.89. The van der Waals surface area contributed by atoms with E-state index in [1.54, 1.807) is 19.2 Å². The molecule has 1 atom stereocenters. The molecular weight excluding hydrogens is 335 g/mol. The molecule has 0 heterocycles. The van der Waals surface area contributed by atoms with Crippen molar-refractivity contribution in [2.45, 2.75) is 6.92 Å². The van der Waals surface area contributed by atoms with Gasteiger partial charge in [-0.15, -0.1) is 0 Å². The van der Waals surface area contributed by atoms with Crippen molar-refractivity contribution in [1.82, 2.24) is 0 Å². The molecule has 0 aromatic heterocycles. The fourth-order valence-electron chi connectivity index (χ4n) is 2.44. The minimum atomic E-state index is -2.58. The monoisotopic (exact) mass is 353 g/mol. The molecule has 0 saturated carbocycles. The Balaban J connectivity index is 2.70. The molecule has 0 bridgehead atoms. The van der Waals surface area contributed by atoms with E-state index in [2.05, 4.69) is 0 Å². The zero-order valence-electron chi connectivity index (χ0n) is 13.3. The van der Waals surface area contributed by atoms with Gasteiger partial charge in [0.15, 0.2) is 16.9 Å². The van der Waals surface area contributed by atoms with Gasteiger partial charge < -0.3 is 4.74 Å². The summed E-state index contributed by atoms with van der Waals surface area (Å²) in [5.74, 6) is 0.351. The fraction of sp³-hybridized carbons (Fsp3) is 0.235. The summed E-state index contributed by atoms with van der Waals surface area (Å²) in [6.45, 7) is 2.37. The molecule has 0 radical (unpaired) electrons. The molecule has 0 aliphatic heterocycles. The molecule has 0 spiro atoms. The normalized spacial score (nSPS) is 13.4. The Morgan fingerprint density at radius 2 is 1.83 bits per heavy atom. The molecule has 23 heavy (non-hydrogen) atoms. The SMILES string of the molecule is CCO[P+](OC)(c1ccccc1)c1cc(Cl)c(OC)c(C=O)c1. The van der Waals surface area contributed by atoms with Crippen molar-refractivity contribution in [3.8, 4) is 5.75 Å². The van der Waals surface area contributed by atoms with Crippen molar-refractivity contribution in [1.29, 1.82) is 0 Å². The van der Waals surface area contributed by atoms with E-state index in [4.69, 9.17) is 25.4 Å². The minimum Gasteiger partial charge on any atom is -0.494 e. The van der Waals surface area contributed by atoms with Crippen LogP contribution >= 0.6 is 19.3 Å². The maximum atomic E-state index is 11.4. The lowest BCUT2D eigenvalue weighted by molar-refractivity contribution is 0.112. The molecule has 0 N–H and O–H groups in total.